The monoisotopic (exact) mass is 478 g/mol. The smallest absolute Gasteiger partial charge is 0.295 e. The second-order valence-electron chi connectivity index (χ2n) is 9.04. The lowest BCUT2D eigenvalue weighted by Crippen LogP contribution is -2.38. The third-order valence-electron chi connectivity index (χ3n) is 6.56. The minimum absolute atomic E-state index is 0.137. The van der Waals surface area contributed by atoms with Gasteiger partial charge in [-0.1, -0.05) is 37.3 Å². The summed E-state index contributed by atoms with van der Waals surface area (Å²) in [5, 5.41) is 11.4. The molecule has 2 saturated heterocycles. The van der Waals surface area contributed by atoms with E-state index in [1.54, 1.807) is 17.0 Å². The number of ketones is 1. The Bertz CT molecular complexity index is 1080. The molecule has 1 amide bonds. The number of Topliss-reactive ketones (excluding diaryl/α,β-unsaturated/α-hetero) is 1. The van der Waals surface area contributed by atoms with Crippen molar-refractivity contribution in [2.75, 3.05) is 46.0 Å². The average molecular weight is 479 g/mol. The van der Waals surface area contributed by atoms with Gasteiger partial charge in [0.15, 0.2) is 0 Å². The topological polar surface area (TPSA) is 79.3 Å². The molecule has 1 unspecified atom stereocenters. The Morgan fingerprint density at radius 3 is 2.51 bits per heavy atom. The zero-order chi connectivity index (χ0) is 24.8. The first-order valence-electron chi connectivity index (χ1n) is 12.4. The van der Waals surface area contributed by atoms with E-state index in [9.17, 15) is 14.7 Å². The summed E-state index contributed by atoms with van der Waals surface area (Å²) in [5.41, 5.74) is 2.25. The summed E-state index contributed by atoms with van der Waals surface area (Å²) in [6.07, 6.45) is 1.63. The lowest BCUT2D eigenvalue weighted by atomic mass is 9.94. The molecule has 7 nitrogen and oxygen atoms in total. The summed E-state index contributed by atoms with van der Waals surface area (Å²) >= 11 is 0. The van der Waals surface area contributed by atoms with Crippen LogP contribution in [-0.2, 0) is 14.3 Å². The molecule has 2 fully saturated rings. The maximum absolute atomic E-state index is 13.2. The molecule has 2 aliphatic heterocycles. The van der Waals surface area contributed by atoms with Gasteiger partial charge in [0.25, 0.3) is 11.7 Å². The molecule has 2 aromatic rings. The van der Waals surface area contributed by atoms with Gasteiger partial charge in [0.2, 0.25) is 0 Å². The second-order valence-corrected chi connectivity index (χ2v) is 9.04. The number of morpholine rings is 1. The van der Waals surface area contributed by atoms with Crippen molar-refractivity contribution in [3.05, 3.63) is 70.8 Å². The van der Waals surface area contributed by atoms with Gasteiger partial charge in [-0.2, -0.15) is 0 Å². The normalized spacial score (nSPS) is 20.4. The first kappa shape index (κ1) is 24.9. The van der Waals surface area contributed by atoms with Crippen LogP contribution in [0.3, 0.4) is 0 Å². The lowest BCUT2D eigenvalue weighted by Gasteiger charge is -2.29. The molecule has 4 rings (SSSR count). The van der Waals surface area contributed by atoms with Crippen molar-refractivity contribution in [2.45, 2.75) is 32.7 Å². The van der Waals surface area contributed by atoms with Crippen LogP contribution in [0.5, 0.6) is 5.75 Å². The molecule has 2 heterocycles. The van der Waals surface area contributed by atoms with Gasteiger partial charge >= 0.3 is 0 Å². The summed E-state index contributed by atoms with van der Waals surface area (Å²) in [5.74, 6) is -0.645. The molecule has 0 bridgehead atoms. The van der Waals surface area contributed by atoms with Crippen LogP contribution in [-0.4, -0.2) is 72.6 Å². The lowest BCUT2D eigenvalue weighted by molar-refractivity contribution is -0.140. The number of benzene rings is 2. The predicted molar refractivity (Wildman–Crippen MR) is 134 cm³/mol. The SMILES string of the molecule is CCCOc1ccc(/C(O)=C2\C(=O)C(=O)N(CCCN3CCOCC3)C2c2ccccc2)c(C)c1. The standard InChI is InChI=1S/C28H34N2O5/c1-3-16-35-22-10-11-23(20(2)19-22)26(31)24-25(21-8-5-4-6-9-21)30(28(33)27(24)32)13-7-12-29-14-17-34-18-15-29/h4-6,8-11,19,25,31H,3,7,12-18H2,1-2H3/b26-24+. The molecule has 0 aliphatic carbocycles. The number of likely N-dealkylation sites (tertiary alicyclic amines) is 1. The Balaban J connectivity index is 1.65. The maximum atomic E-state index is 13.2. The third-order valence-corrected chi connectivity index (χ3v) is 6.56. The van der Waals surface area contributed by atoms with Crippen LogP contribution in [0.2, 0.25) is 0 Å². The van der Waals surface area contributed by atoms with Crippen LogP contribution >= 0.6 is 0 Å². The first-order valence-corrected chi connectivity index (χ1v) is 12.4. The van der Waals surface area contributed by atoms with Gasteiger partial charge in [0.05, 0.1) is 31.4 Å². The molecule has 0 spiro atoms. The molecule has 2 aliphatic rings. The van der Waals surface area contributed by atoms with Gasteiger partial charge in [-0.15, -0.1) is 0 Å². The molecular formula is C28H34N2O5. The van der Waals surface area contributed by atoms with Crippen molar-refractivity contribution >= 4 is 17.4 Å². The zero-order valence-electron chi connectivity index (χ0n) is 20.5. The number of aliphatic hydroxyl groups is 1. The molecule has 2 aromatic carbocycles. The molecule has 0 saturated carbocycles. The fourth-order valence-electron chi connectivity index (χ4n) is 4.74. The summed E-state index contributed by atoms with van der Waals surface area (Å²) in [4.78, 5) is 30.3. The van der Waals surface area contributed by atoms with E-state index in [0.29, 0.717) is 24.5 Å². The maximum Gasteiger partial charge on any atom is 0.295 e. The van der Waals surface area contributed by atoms with Crippen molar-refractivity contribution in [3.8, 4) is 5.75 Å². The van der Waals surface area contributed by atoms with E-state index in [4.69, 9.17) is 9.47 Å². The number of rotatable bonds is 9. The van der Waals surface area contributed by atoms with Crippen molar-refractivity contribution in [1.29, 1.82) is 0 Å². The highest BCUT2D eigenvalue weighted by atomic mass is 16.5. The molecule has 0 radical (unpaired) electrons. The molecule has 1 N–H and O–H groups in total. The number of nitrogens with zero attached hydrogens (tertiary/aromatic N) is 2. The van der Waals surface area contributed by atoms with Gasteiger partial charge in [-0.25, -0.2) is 0 Å². The van der Waals surface area contributed by atoms with Gasteiger partial charge in [0, 0.05) is 31.7 Å². The van der Waals surface area contributed by atoms with Crippen LogP contribution in [0.4, 0.5) is 0 Å². The van der Waals surface area contributed by atoms with E-state index in [-0.39, 0.29) is 11.3 Å². The minimum Gasteiger partial charge on any atom is -0.507 e. The Morgan fingerprint density at radius 1 is 1.09 bits per heavy atom. The van der Waals surface area contributed by atoms with E-state index in [1.807, 2.05) is 50.2 Å². The Morgan fingerprint density at radius 2 is 1.83 bits per heavy atom. The number of hydrogen-bond donors (Lipinski definition) is 1. The second kappa shape index (κ2) is 11.5. The zero-order valence-corrected chi connectivity index (χ0v) is 20.5. The summed E-state index contributed by atoms with van der Waals surface area (Å²) < 4.78 is 11.1. The van der Waals surface area contributed by atoms with E-state index >= 15 is 0 Å². The Hall–Kier alpha value is -3.16. The van der Waals surface area contributed by atoms with Crippen LogP contribution in [0.25, 0.3) is 5.76 Å². The van der Waals surface area contributed by atoms with Crippen molar-refractivity contribution in [3.63, 3.8) is 0 Å². The quantitative estimate of drug-likeness (QED) is 0.334. The van der Waals surface area contributed by atoms with Gasteiger partial charge in [0.1, 0.15) is 11.5 Å². The number of amides is 1. The molecule has 1 atom stereocenters. The van der Waals surface area contributed by atoms with Crippen LogP contribution < -0.4 is 4.74 Å². The molecule has 7 heteroatoms. The molecule has 35 heavy (non-hydrogen) atoms. The highest BCUT2D eigenvalue weighted by Gasteiger charge is 2.45. The van der Waals surface area contributed by atoms with E-state index in [1.165, 1.54) is 0 Å². The van der Waals surface area contributed by atoms with Crippen molar-refractivity contribution in [2.24, 2.45) is 0 Å². The van der Waals surface area contributed by atoms with Gasteiger partial charge in [-0.05, 0) is 49.1 Å². The third kappa shape index (κ3) is 5.57. The number of carbonyl (C=O) groups excluding carboxylic acids is 2. The molecular weight excluding hydrogens is 444 g/mol. The Kier molecular flexibility index (Phi) is 8.21. The molecule has 186 valence electrons. The van der Waals surface area contributed by atoms with Crippen molar-refractivity contribution < 1.29 is 24.2 Å². The fraction of sp³-hybridized carbons (Fsp3) is 0.429. The van der Waals surface area contributed by atoms with E-state index < -0.39 is 17.7 Å². The Labute approximate surface area is 206 Å². The van der Waals surface area contributed by atoms with E-state index in [2.05, 4.69) is 4.90 Å². The number of ether oxygens (including phenoxy) is 2. The fourth-order valence-corrected chi connectivity index (χ4v) is 4.74. The summed E-state index contributed by atoms with van der Waals surface area (Å²) in [6, 6.07) is 14.2. The number of hydrogen-bond acceptors (Lipinski definition) is 6. The average Bonchev–Trinajstić information content (AvgIpc) is 3.13. The predicted octanol–water partition coefficient (Wildman–Crippen LogP) is 3.93. The largest absolute Gasteiger partial charge is 0.507 e. The highest BCUT2D eigenvalue weighted by Crippen LogP contribution is 2.40. The van der Waals surface area contributed by atoms with Gasteiger partial charge in [-0.3, -0.25) is 14.5 Å². The van der Waals surface area contributed by atoms with Crippen LogP contribution in [0, 0.1) is 6.92 Å². The van der Waals surface area contributed by atoms with Crippen LogP contribution in [0.15, 0.2) is 54.1 Å². The van der Waals surface area contributed by atoms with E-state index in [0.717, 1.165) is 56.8 Å². The van der Waals surface area contributed by atoms with Crippen molar-refractivity contribution in [1.82, 2.24) is 9.80 Å². The number of aliphatic hydroxyl groups excluding tert-OH is 1. The number of carbonyl (C=O) groups is 2. The first-order chi connectivity index (χ1) is 17.0. The number of aryl methyl sites for hydroxylation is 1. The molecule has 0 aromatic heterocycles. The minimum atomic E-state index is -0.645. The summed E-state index contributed by atoms with van der Waals surface area (Å²) in [7, 11) is 0. The van der Waals surface area contributed by atoms with Gasteiger partial charge < -0.3 is 19.5 Å². The summed E-state index contributed by atoms with van der Waals surface area (Å²) in [6.45, 7) is 8.95. The van der Waals surface area contributed by atoms with Crippen LogP contribution in [0.1, 0.15) is 42.5 Å². The highest BCUT2D eigenvalue weighted by molar-refractivity contribution is 6.46.